The molecule has 0 unspecified atom stereocenters. The molecule has 1 saturated heterocycles. The molecule has 1 N–H and O–H groups in total. The molecule has 1 aliphatic rings. The predicted octanol–water partition coefficient (Wildman–Crippen LogP) is 1.39. The highest BCUT2D eigenvalue weighted by molar-refractivity contribution is 7.89. The Morgan fingerprint density at radius 3 is 2.70 bits per heavy atom. The van der Waals surface area contributed by atoms with E-state index in [-0.39, 0.29) is 17.4 Å². The second-order valence-corrected chi connectivity index (χ2v) is 7.10. The molecule has 0 aliphatic carbocycles. The second kappa shape index (κ2) is 6.51. The molecule has 3 heterocycles. The zero-order valence-electron chi connectivity index (χ0n) is 12.4. The van der Waals surface area contributed by atoms with Gasteiger partial charge in [0.2, 0.25) is 5.09 Å². The van der Waals surface area contributed by atoms with E-state index in [4.69, 9.17) is 4.42 Å². The molecule has 1 amide bonds. The maximum Gasteiger partial charge on any atom is 0.287 e. The largest absolute Gasteiger partial charge is 0.438 e. The van der Waals surface area contributed by atoms with Gasteiger partial charge in [-0.05, 0) is 37.1 Å². The molecule has 1 aliphatic heterocycles. The van der Waals surface area contributed by atoms with E-state index in [2.05, 4.69) is 10.3 Å². The van der Waals surface area contributed by atoms with E-state index >= 15 is 0 Å². The SMILES string of the molecule is O=C(NCc1ccccn1)c1ccc(S(=O)(=O)N2CCCC2)o1. The quantitative estimate of drug-likeness (QED) is 0.891. The normalized spacial score (nSPS) is 15.7. The number of furan rings is 1. The number of carbonyl (C=O) groups excluding carboxylic acids is 1. The van der Waals surface area contributed by atoms with Crippen molar-refractivity contribution >= 4 is 15.9 Å². The van der Waals surface area contributed by atoms with Gasteiger partial charge in [-0.25, -0.2) is 8.42 Å². The lowest BCUT2D eigenvalue weighted by atomic mass is 10.3. The molecule has 0 saturated carbocycles. The first-order chi connectivity index (χ1) is 11.1. The van der Waals surface area contributed by atoms with Gasteiger partial charge in [0, 0.05) is 19.3 Å². The third-order valence-corrected chi connectivity index (χ3v) is 5.39. The van der Waals surface area contributed by atoms with E-state index in [0.717, 1.165) is 12.8 Å². The van der Waals surface area contributed by atoms with E-state index in [1.165, 1.54) is 16.4 Å². The maximum atomic E-state index is 12.3. The van der Waals surface area contributed by atoms with Gasteiger partial charge in [-0.3, -0.25) is 9.78 Å². The number of rotatable bonds is 5. The lowest BCUT2D eigenvalue weighted by Gasteiger charge is -2.12. The van der Waals surface area contributed by atoms with E-state index in [9.17, 15) is 13.2 Å². The second-order valence-electron chi connectivity index (χ2n) is 5.23. The molecule has 2 aromatic heterocycles. The topological polar surface area (TPSA) is 92.5 Å². The maximum absolute atomic E-state index is 12.3. The van der Waals surface area contributed by atoms with E-state index in [1.54, 1.807) is 18.3 Å². The Bertz CT molecular complexity index is 780. The molecule has 1 fully saturated rings. The van der Waals surface area contributed by atoms with Crippen molar-refractivity contribution in [2.45, 2.75) is 24.5 Å². The molecule has 7 nitrogen and oxygen atoms in total. The van der Waals surface area contributed by atoms with Crippen LogP contribution in [0, 0.1) is 0 Å². The zero-order chi connectivity index (χ0) is 16.3. The minimum Gasteiger partial charge on any atom is -0.438 e. The van der Waals surface area contributed by atoms with Crippen LogP contribution < -0.4 is 5.32 Å². The summed E-state index contributed by atoms with van der Waals surface area (Å²) in [7, 11) is -3.64. The van der Waals surface area contributed by atoms with Crippen LogP contribution in [0.3, 0.4) is 0 Å². The Labute approximate surface area is 134 Å². The van der Waals surface area contributed by atoms with Crippen LogP contribution in [0.4, 0.5) is 0 Å². The Hall–Kier alpha value is -2.19. The van der Waals surface area contributed by atoms with Crippen molar-refractivity contribution in [3.05, 3.63) is 48.0 Å². The third kappa shape index (κ3) is 3.43. The van der Waals surface area contributed by atoms with Crippen LogP contribution >= 0.6 is 0 Å². The molecule has 122 valence electrons. The van der Waals surface area contributed by atoms with Crippen LogP contribution in [-0.2, 0) is 16.6 Å². The van der Waals surface area contributed by atoms with E-state index < -0.39 is 15.9 Å². The molecule has 23 heavy (non-hydrogen) atoms. The van der Waals surface area contributed by atoms with Gasteiger partial charge in [0.1, 0.15) is 0 Å². The standard InChI is InChI=1S/C15H17N3O4S/c19-15(17-11-12-5-1-2-8-16-12)13-6-7-14(22-13)23(20,21)18-9-3-4-10-18/h1-2,5-8H,3-4,9-11H2,(H,17,19). The third-order valence-electron chi connectivity index (χ3n) is 3.62. The number of carbonyl (C=O) groups is 1. The molecule has 0 aromatic carbocycles. The molecule has 0 radical (unpaired) electrons. The van der Waals surface area contributed by atoms with Gasteiger partial charge < -0.3 is 9.73 Å². The van der Waals surface area contributed by atoms with Gasteiger partial charge in [-0.2, -0.15) is 4.31 Å². The summed E-state index contributed by atoms with van der Waals surface area (Å²) in [6, 6.07) is 8.08. The summed E-state index contributed by atoms with van der Waals surface area (Å²) in [5.74, 6) is -0.503. The highest BCUT2D eigenvalue weighted by Gasteiger charge is 2.30. The minimum atomic E-state index is -3.64. The van der Waals surface area contributed by atoms with Crippen molar-refractivity contribution in [1.82, 2.24) is 14.6 Å². The fourth-order valence-corrected chi connectivity index (χ4v) is 3.83. The Balaban J connectivity index is 1.67. The lowest BCUT2D eigenvalue weighted by molar-refractivity contribution is 0.0917. The number of pyridine rings is 1. The first kappa shape index (κ1) is 15.7. The lowest BCUT2D eigenvalue weighted by Crippen LogP contribution is -2.27. The number of amides is 1. The van der Waals surface area contributed by atoms with Crippen LogP contribution in [0.2, 0.25) is 0 Å². The fourth-order valence-electron chi connectivity index (χ4n) is 2.40. The number of sulfonamides is 1. The summed E-state index contributed by atoms with van der Waals surface area (Å²) in [6.45, 7) is 1.23. The zero-order valence-corrected chi connectivity index (χ0v) is 13.3. The molecule has 0 bridgehead atoms. The minimum absolute atomic E-state index is 0.0290. The molecule has 0 atom stereocenters. The average molecular weight is 335 g/mol. The Morgan fingerprint density at radius 2 is 2.00 bits per heavy atom. The van der Waals surface area contributed by atoms with Crippen LogP contribution in [0.1, 0.15) is 29.1 Å². The van der Waals surface area contributed by atoms with Crippen LogP contribution in [-0.4, -0.2) is 36.7 Å². The number of nitrogens with one attached hydrogen (secondary N) is 1. The summed E-state index contributed by atoms with van der Waals surface area (Å²) in [4.78, 5) is 16.1. The van der Waals surface area contributed by atoms with E-state index in [0.29, 0.717) is 18.8 Å². The van der Waals surface area contributed by atoms with Crippen LogP contribution in [0.5, 0.6) is 0 Å². The number of hydrogen-bond acceptors (Lipinski definition) is 5. The average Bonchev–Trinajstić information content (AvgIpc) is 3.25. The van der Waals surface area contributed by atoms with E-state index in [1.807, 2.05) is 6.07 Å². The Kier molecular flexibility index (Phi) is 4.44. The summed E-state index contributed by atoms with van der Waals surface area (Å²) >= 11 is 0. The first-order valence-corrected chi connectivity index (χ1v) is 8.79. The van der Waals surface area contributed by atoms with Crippen LogP contribution in [0.25, 0.3) is 0 Å². The number of hydrogen-bond donors (Lipinski definition) is 1. The van der Waals surface area contributed by atoms with Gasteiger partial charge in [0.15, 0.2) is 5.76 Å². The molecule has 8 heteroatoms. The van der Waals surface area contributed by atoms with Crippen LogP contribution in [0.15, 0.2) is 46.0 Å². The van der Waals surface area contributed by atoms with Gasteiger partial charge in [-0.15, -0.1) is 0 Å². The van der Waals surface area contributed by atoms with Gasteiger partial charge in [-0.1, -0.05) is 6.07 Å². The summed E-state index contributed by atoms with van der Waals surface area (Å²) in [6.07, 6.45) is 3.32. The molecule has 2 aromatic rings. The van der Waals surface area contributed by atoms with Crippen molar-refractivity contribution in [1.29, 1.82) is 0 Å². The smallest absolute Gasteiger partial charge is 0.287 e. The summed E-state index contributed by atoms with van der Waals surface area (Å²) in [5.41, 5.74) is 0.706. The molecule has 3 rings (SSSR count). The number of aromatic nitrogens is 1. The van der Waals surface area contributed by atoms with Crippen molar-refractivity contribution in [3.8, 4) is 0 Å². The molecule has 0 spiro atoms. The molecular weight excluding hydrogens is 318 g/mol. The highest BCUT2D eigenvalue weighted by atomic mass is 32.2. The predicted molar refractivity (Wildman–Crippen MR) is 82.1 cm³/mol. The van der Waals surface area contributed by atoms with Crippen molar-refractivity contribution in [2.75, 3.05) is 13.1 Å². The van der Waals surface area contributed by atoms with Gasteiger partial charge in [0.05, 0.1) is 12.2 Å². The highest BCUT2D eigenvalue weighted by Crippen LogP contribution is 2.22. The first-order valence-electron chi connectivity index (χ1n) is 7.35. The molecular formula is C15H17N3O4S. The number of nitrogens with zero attached hydrogens (tertiary/aromatic N) is 2. The van der Waals surface area contributed by atoms with Crippen molar-refractivity contribution < 1.29 is 17.6 Å². The summed E-state index contributed by atoms with van der Waals surface area (Å²) < 4.78 is 31.3. The summed E-state index contributed by atoms with van der Waals surface area (Å²) in [5, 5.41) is 2.45. The monoisotopic (exact) mass is 335 g/mol. The van der Waals surface area contributed by atoms with Gasteiger partial charge >= 0.3 is 0 Å². The van der Waals surface area contributed by atoms with Crippen molar-refractivity contribution in [3.63, 3.8) is 0 Å². The Morgan fingerprint density at radius 1 is 1.22 bits per heavy atom. The fraction of sp³-hybridized carbons (Fsp3) is 0.333. The van der Waals surface area contributed by atoms with Crippen molar-refractivity contribution in [2.24, 2.45) is 0 Å². The van der Waals surface area contributed by atoms with Gasteiger partial charge in [0.25, 0.3) is 15.9 Å².